The second kappa shape index (κ2) is 6.48. The lowest BCUT2D eigenvalue weighted by molar-refractivity contribution is -0.0131. The summed E-state index contributed by atoms with van der Waals surface area (Å²) in [6, 6.07) is 4.66. The lowest BCUT2D eigenvalue weighted by Crippen LogP contribution is -2.44. The van der Waals surface area contributed by atoms with E-state index in [9.17, 15) is 4.39 Å². The van der Waals surface area contributed by atoms with E-state index in [0.29, 0.717) is 31.4 Å². The Morgan fingerprint density at radius 1 is 1.47 bits per heavy atom. The topological polar surface area (TPSA) is 52.9 Å². The molecule has 2 N–H and O–H groups in total. The third kappa shape index (κ3) is 3.54. The van der Waals surface area contributed by atoms with Crippen LogP contribution in [-0.2, 0) is 11.3 Å². The fourth-order valence-electron chi connectivity index (χ4n) is 2.34. The van der Waals surface area contributed by atoms with E-state index < -0.39 is 12.9 Å². The van der Waals surface area contributed by atoms with Gasteiger partial charge in [0.25, 0.3) is 0 Å². The van der Waals surface area contributed by atoms with Crippen LogP contribution in [0.2, 0.25) is 0 Å². The second-order valence-electron chi connectivity index (χ2n) is 4.83. The Morgan fingerprint density at radius 2 is 2.26 bits per heavy atom. The van der Waals surface area contributed by atoms with Gasteiger partial charge in [0.15, 0.2) is 0 Å². The summed E-state index contributed by atoms with van der Waals surface area (Å²) >= 11 is 0. The smallest absolute Gasteiger partial charge is 0.423 e. The molecule has 1 aromatic carbocycles. The average molecular weight is 267 g/mol. The summed E-state index contributed by atoms with van der Waals surface area (Å²) in [6.07, 6.45) is 0.967. The number of morpholine rings is 1. The van der Waals surface area contributed by atoms with Crippen LogP contribution in [0.15, 0.2) is 18.2 Å². The molecule has 2 rings (SSSR count). The molecule has 1 atom stereocenters. The fourth-order valence-corrected chi connectivity index (χ4v) is 2.34. The van der Waals surface area contributed by atoms with Gasteiger partial charge in [-0.1, -0.05) is 19.1 Å². The maximum Gasteiger partial charge on any atom is 0.488 e. The zero-order chi connectivity index (χ0) is 13.8. The standard InChI is InChI=1S/C13H19BFNO3/c1-2-12-9-19-6-5-16(12)8-10-3-4-11(14(17)18)7-13(10)15/h3-4,7,12,17-18H,2,5-6,8-9H2,1H3. The molecule has 0 aliphatic carbocycles. The van der Waals surface area contributed by atoms with Crippen LogP contribution in [0.4, 0.5) is 4.39 Å². The van der Waals surface area contributed by atoms with Gasteiger partial charge in [0, 0.05) is 24.7 Å². The van der Waals surface area contributed by atoms with E-state index in [1.165, 1.54) is 6.07 Å². The van der Waals surface area contributed by atoms with Crippen molar-refractivity contribution in [2.24, 2.45) is 0 Å². The van der Waals surface area contributed by atoms with E-state index in [1.54, 1.807) is 12.1 Å². The van der Waals surface area contributed by atoms with E-state index in [1.807, 2.05) is 0 Å². The summed E-state index contributed by atoms with van der Waals surface area (Å²) in [5, 5.41) is 18.0. The Balaban J connectivity index is 2.09. The van der Waals surface area contributed by atoms with Gasteiger partial charge in [0.2, 0.25) is 0 Å². The van der Waals surface area contributed by atoms with Gasteiger partial charge in [-0.05, 0) is 17.9 Å². The lowest BCUT2D eigenvalue weighted by atomic mass is 9.80. The first-order valence-corrected chi connectivity index (χ1v) is 6.58. The first-order chi connectivity index (χ1) is 9.11. The fraction of sp³-hybridized carbons (Fsp3) is 0.538. The van der Waals surface area contributed by atoms with Crippen molar-refractivity contribution in [2.45, 2.75) is 25.9 Å². The highest BCUT2D eigenvalue weighted by Crippen LogP contribution is 2.16. The van der Waals surface area contributed by atoms with E-state index >= 15 is 0 Å². The third-order valence-electron chi connectivity index (χ3n) is 3.57. The zero-order valence-electron chi connectivity index (χ0n) is 11.1. The summed E-state index contributed by atoms with van der Waals surface area (Å²) in [6.45, 7) is 4.77. The molecule has 1 unspecified atom stereocenters. The summed E-state index contributed by atoms with van der Waals surface area (Å²) in [7, 11) is -1.63. The molecule has 1 aliphatic heterocycles. The first-order valence-electron chi connectivity index (χ1n) is 6.58. The van der Waals surface area contributed by atoms with Crippen molar-refractivity contribution in [2.75, 3.05) is 19.8 Å². The molecule has 104 valence electrons. The van der Waals surface area contributed by atoms with E-state index in [0.717, 1.165) is 13.0 Å². The van der Waals surface area contributed by atoms with Gasteiger partial charge in [0.05, 0.1) is 13.2 Å². The Labute approximate surface area is 113 Å². The Bertz CT molecular complexity index is 430. The van der Waals surface area contributed by atoms with Gasteiger partial charge in [-0.25, -0.2) is 4.39 Å². The number of rotatable bonds is 4. The molecule has 4 nitrogen and oxygen atoms in total. The molecule has 1 aliphatic rings. The summed E-state index contributed by atoms with van der Waals surface area (Å²) in [5.41, 5.74) is 0.750. The number of benzene rings is 1. The molecule has 0 amide bonds. The third-order valence-corrected chi connectivity index (χ3v) is 3.57. The van der Waals surface area contributed by atoms with Crippen LogP contribution in [-0.4, -0.2) is 47.9 Å². The molecule has 0 bridgehead atoms. The molecule has 6 heteroatoms. The molecule has 1 aromatic rings. The highest BCUT2D eigenvalue weighted by Gasteiger charge is 2.22. The number of halogens is 1. The minimum atomic E-state index is -1.63. The van der Waals surface area contributed by atoms with Gasteiger partial charge in [-0.15, -0.1) is 0 Å². The lowest BCUT2D eigenvalue weighted by Gasteiger charge is -2.35. The molecule has 0 saturated carbocycles. The van der Waals surface area contributed by atoms with Crippen LogP contribution in [0, 0.1) is 5.82 Å². The molecule has 1 fully saturated rings. The van der Waals surface area contributed by atoms with Gasteiger partial charge < -0.3 is 14.8 Å². The number of nitrogens with zero attached hydrogens (tertiary/aromatic N) is 1. The largest absolute Gasteiger partial charge is 0.488 e. The van der Waals surface area contributed by atoms with E-state index in [-0.39, 0.29) is 5.46 Å². The van der Waals surface area contributed by atoms with Crippen LogP contribution in [0.25, 0.3) is 0 Å². The predicted molar refractivity (Wildman–Crippen MR) is 71.5 cm³/mol. The molecule has 0 spiro atoms. The highest BCUT2D eigenvalue weighted by atomic mass is 19.1. The van der Waals surface area contributed by atoms with Gasteiger partial charge in [-0.2, -0.15) is 0 Å². The molecular weight excluding hydrogens is 248 g/mol. The first kappa shape index (κ1) is 14.5. The van der Waals surface area contributed by atoms with Crippen LogP contribution in [0.3, 0.4) is 0 Å². The normalized spacial score (nSPS) is 20.5. The van der Waals surface area contributed by atoms with Crippen molar-refractivity contribution in [3.63, 3.8) is 0 Å². The van der Waals surface area contributed by atoms with Crippen molar-refractivity contribution in [3.8, 4) is 0 Å². The highest BCUT2D eigenvalue weighted by molar-refractivity contribution is 6.58. The number of hydrogen-bond donors (Lipinski definition) is 2. The van der Waals surface area contributed by atoms with Crippen molar-refractivity contribution in [1.29, 1.82) is 0 Å². The quantitative estimate of drug-likeness (QED) is 0.761. The molecule has 0 radical (unpaired) electrons. The average Bonchev–Trinajstić information content (AvgIpc) is 2.41. The second-order valence-corrected chi connectivity index (χ2v) is 4.83. The van der Waals surface area contributed by atoms with E-state index in [2.05, 4.69) is 11.8 Å². The van der Waals surface area contributed by atoms with E-state index in [4.69, 9.17) is 14.8 Å². The molecule has 0 aromatic heterocycles. The van der Waals surface area contributed by atoms with Gasteiger partial charge >= 0.3 is 7.12 Å². The SMILES string of the molecule is CCC1COCCN1Cc1ccc(B(O)O)cc1F. The molecular formula is C13H19BFNO3. The predicted octanol–water partition coefficient (Wildman–Crippen LogP) is 0.116. The molecule has 1 heterocycles. The minimum absolute atomic E-state index is 0.176. The van der Waals surface area contributed by atoms with Crippen molar-refractivity contribution in [3.05, 3.63) is 29.6 Å². The van der Waals surface area contributed by atoms with Gasteiger partial charge in [-0.3, -0.25) is 4.90 Å². The Hall–Kier alpha value is -0.945. The summed E-state index contributed by atoms with van der Waals surface area (Å²) in [4.78, 5) is 2.21. The molecule has 19 heavy (non-hydrogen) atoms. The maximum absolute atomic E-state index is 13.9. The van der Waals surface area contributed by atoms with Crippen LogP contribution in [0.5, 0.6) is 0 Å². The van der Waals surface area contributed by atoms with Gasteiger partial charge in [0.1, 0.15) is 5.82 Å². The van der Waals surface area contributed by atoms with Crippen molar-refractivity contribution < 1.29 is 19.2 Å². The van der Waals surface area contributed by atoms with Crippen LogP contribution < -0.4 is 5.46 Å². The van der Waals surface area contributed by atoms with Crippen molar-refractivity contribution >= 4 is 12.6 Å². The van der Waals surface area contributed by atoms with Crippen molar-refractivity contribution in [1.82, 2.24) is 4.90 Å². The Morgan fingerprint density at radius 3 is 2.89 bits per heavy atom. The monoisotopic (exact) mass is 267 g/mol. The maximum atomic E-state index is 13.9. The zero-order valence-corrected chi connectivity index (χ0v) is 11.1. The Kier molecular flexibility index (Phi) is 4.93. The number of hydrogen-bond acceptors (Lipinski definition) is 4. The summed E-state index contributed by atoms with van der Waals surface area (Å²) in [5.74, 6) is -0.396. The summed E-state index contributed by atoms with van der Waals surface area (Å²) < 4.78 is 19.3. The minimum Gasteiger partial charge on any atom is -0.423 e. The number of ether oxygens (including phenoxy) is 1. The molecule has 1 saturated heterocycles. The van der Waals surface area contributed by atoms with Crippen LogP contribution >= 0.6 is 0 Å². The van der Waals surface area contributed by atoms with Crippen LogP contribution in [0.1, 0.15) is 18.9 Å².